The third kappa shape index (κ3) is 1.85. The maximum atomic E-state index is 9.14. The Morgan fingerprint density at radius 1 is 1.53 bits per heavy atom. The van der Waals surface area contributed by atoms with Gasteiger partial charge in [0.2, 0.25) is 0 Å². The van der Waals surface area contributed by atoms with Crippen LogP contribution in [0, 0.1) is 0 Å². The highest BCUT2D eigenvalue weighted by Gasteiger charge is 2.22. The Hall–Kier alpha value is -1.66. The van der Waals surface area contributed by atoms with Crippen LogP contribution in [-0.2, 0) is 4.74 Å². The molecule has 1 unspecified atom stereocenters. The molecule has 6 heteroatoms. The van der Waals surface area contributed by atoms with Gasteiger partial charge in [-0.2, -0.15) is 0 Å². The third-order valence-corrected chi connectivity index (χ3v) is 2.97. The second-order valence-electron chi connectivity index (χ2n) is 4.06. The van der Waals surface area contributed by atoms with Gasteiger partial charge in [0, 0.05) is 19.3 Å². The first-order chi connectivity index (χ1) is 8.38. The quantitative estimate of drug-likeness (QED) is 0.774. The average Bonchev–Trinajstić information content (AvgIpc) is 2.87. The summed E-state index contributed by atoms with van der Waals surface area (Å²) < 4.78 is 5.43. The molecule has 1 fully saturated rings. The van der Waals surface area contributed by atoms with Crippen molar-refractivity contribution in [2.75, 3.05) is 31.2 Å². The molecular weight excluding hydrogens is 220 g/mol. The van der Waals surface area contributed by atoms with Gasteiger partial charge in [0.25, 0.3) is 0 Å². The second-order valence-corrected chi connectivity index (χ2v) is 4.06. The smallest absolute Gasteiger partial charge is 0.142 e. The fourth-order valence-electron chi connectivity index (χ4n) is 2.13. The summed E-state index contributed by atoms with van der Waals surface area (Å²) in [5.74, 6) is 0.901. The first-order valence-electron chi connectivity index (χ1n) is 5.64. The van der Waals surface area contributed by atoms with Crippen molar-refractivity contribution in [2.45, 2.75) is 6.10 Å². The first-order valence-corrected chi connectivity index (χ1v) is 5.64. The van der Waals surface area contributed by atoms with Crippen LogP contribution in [-0.4, -0.2) is 52.5 Å². The molecule has 90 valence electrons. The zero-order valence-corrected chi connectivity index (χ0v) is 9.33. The minimum absolute atomic E-state index is 0.0395. The molecule has 0 saturated carbocycles. The largest absolute Gasteiger partial charge is 0.394 e. The molecule has 1 atom stereocenters. The van der Waals surface area contributed by atoms with Crippen LogP contribution in [0.3, 0.4) is 0 Å². The number of aliphatic hydroxyl groups is 1. The Kier molecular flexibility index (Phi) is 2.66. The number of aromatic amines is 1. The van der Waals surface area contributed by atoms with Gasteiger partial charge in [0.05, 0.1) is 24.7 Å². The highest BCUT2D eigenvalue weighted by molar-refractivity contribution is 5.87. The standard InChI is InChI=1S/C11H14N4O2/c16-6-8-5-15(3-4-17-8)11-9-1-2-12-10(9)13-7-14-11/h1-2,7-8,16H,3-6H2,(H,12,13,14). The van der Waals surface area contributed by atoms with E-state index in [0.29, 0.717) is 13.2 Å². The SMILES string of the molecule is OCC1CN(c2ncnc3[nH]ccc23)CCO1. The number of ether oxygens (including phenoxy) is 1. The number of aliphatic hydroxyl groups excluding tert-OH is 1. The summed E-state index contributed by atoms with van der Waals surface area (Å²) >= 11 is 0. The van der Waals surface area contributed by atoms with Crippen molar-refractivity contribution in [1.82, 2.24) is 15.0 Å². The van der Waals surface area contributed by atoms with Crippen molar-refractivity contribution in [3.8, 4) is 0 Å². The van der Waals surface area contributed by atoms with Crippen LogP contribution in [0.4, 0.5) is 5.82 Å². The molecule has 0 spiro atoms. The lowest BCUT2D eigenvalue weighted by Gasteiger charge is -2.33. The van der Waals surface area contributed by atoms with Crippen LogP contribution >= 0.6 is 0 Å². The van der Waals surface area contributed by atoms with Crippen LogP contribution in [0.5, 0.6) is 0 Å². The van der Waals surface area contributed by atoms with E-state index in [1.54, 1.807) is 6.33 Å². The Balaban J connectivity index is 1.94. The summed E-state index contributed by atoms with van der Waals surface area (Å²) in [6, 6.07) is 1.97. The minimum Gasteiger partial charge on any atom is -0.394 e. The molecule has 1 saturated heterocycles. The van der Waals surface area contributed by atoms with Gasteiger partial charge >= 0.3 is 0 Å². The molecule has 2 aromatic rings. The Labute approximate surface area is 98.2 Å². The molecule has 3 rings (SSSR count). The van der Waals surface area contributed by atoms with E-state index >= 15 is 0 Å². The van der Waals surface area contributed by atoms with Crippen LogP contribution < -0.4 is 4.90 Å². The maximum absolute atomic E-state index is 9.14. The number of aromatic nitrogens is 3. The molecule has 0 aliphatic carbocycles. The fraction of sp³-hybridized carbons (Fsp3) is 0.455. The number of anilines is 1. The number of rotatable bonds is 2. The molecule has 1 aliphatic heterocycles. The lowest BCUT2D eigenvalue weighted by Crippen LogP contribution is -2.44. The summed E-state index contributed by atoms with van der Waals surface area (Å²) in [5, 5.41) is 10.1. The van der Waals surface area contributed by atoms with E-state index < -0.39 is 0 Å². The number of hydrogen-bond donors (Lipinski definition) is 2. The van der Waals surface area contributed by atoms with Gasteiger partial charge < -0.3 is 19.7 Å². The monoisotopic (exact) mass is 234 g/mol. The van der Waals surface area contributed by atoms with Gasteiger partial charge in [-0.15, -0.1) is 0 Å². The lowest BCUT2D eigenvalue weighted by atomic mass is 10.2. The number of morpholine rings is 1. The summed E-state index contributed by atoms with van der Waals surface area (Å²) in [6.07, 6.45) is 3.28. The highest BCUT2D eigenvalue weighted by atomic mass is 16.5. The van der Waals surface area contributed by atoms with E-state index in [1.165, 1.54) is 0 Å². The average molecular weight is 234 g/mol. The van der Waals surface area contributed by atoms with Crippen LogP contribution in [0.15, 0.2) is 18.6 Å². The maximum Gasteiger partial charge on any atom is 0.142 e. The molecule has 0 bridgehead atoms. The molecule has 2 aromatic heterocycles. The number of nitrogens with one attached hydrogen (secondary N) is 1. The first kappa shape index (κ1) is 10.5. The van der Waals surface area contributed by atoms with E-state index in [9.17, 15) is 0 Å². The normalized spacial score (nSPS) is 21.0. The van der Waals surface area contributed by atoms with Gasteiger partial charge in [-0.05, 0) is 6.07 Å². The molecule has 0 radical (unpaired) electrons. The Bertz CT molecular complexity index is 513. The molecule has 1 aliphatic rings. The zero-order chi connectivity index (χ0) is 11.7. The van der Waals surface area contributed by atoms with Crippen molar-refractivity contribution >= 4 is 16.9 Å². The summed E-state index contributed by atoms with van der Waals surface area (Å²) in [7, 11) is 0. The molecular formula is C11H14N4O2. The van der Waals surface area contributed by atoms with Crippen LogP contribution in [0.1, 0.15) is 0 Å². The summed E-state index contributed by atoms with van der Waals surface area (Å²) in [4.78, 5) is 13.7. The fourth-order valence-corrected chi connectivity index (χ4v) is 2.13. The van der Waals surface area contributed by atoms with E-state index in [0.717, 1.165) is 23.4 Å². The van der Waals surface area contributed by atoms with Crippen LogP contribution in [0.25, 0.3) is 11.0 Å². The van der Waals surface area contributed by atoms with Crippen molar-refractivity contribution < 1.29 is 9.84 Å². The highest BCUT2D eigenvalue weighted by Crippen LogP contribution is 2.23. The van der Waals surface area contributed by atoms with E-state index in [2.05, 4.69) is 19.9 Å². The van der Waals surface area contributed by atoms with Crippen molar-refractivity contribution in [3.05, 3.63) is 18.6 Å². The number of nitrogens with zero attached hydrogens (tertiary/aromatic N) is 3. The van der Waals surface area contributed by atoms with E-state index in [-0.39, 0.29) is 12.7 Å². The number of H-pyrrole nitrogens is 1. The molecule has 2 N–H and O–H groups in total. The summed E-state index contributed by atoms with van der Waals surface area (Å²) in [6.45, 7) is 2.10. The third-order valence-electron chi connectivity index (χ3n) is 2.97. The summed E-state index contributed by atoms with van der Waals surface area (Å²) in [5.41, 5.74) is 0.835. The van der Waals surface area contributed by atoms with Gasteiger partial charge in [0.1, 0.15) is 17.8 Å². The predicted molar refractivity (Wildman–Crippen MR) is 62.9 cm³/mol. The van der Waals surface area contributed by atoms with Crippen molar-refractivity contribution in [3.63, 3.8) is 0 Å². The van der Waals surface area contributed by atoms with Crippen molar-refractivity contribution in [2.24, 2.45) is 0 Å². The van der Waals surface area contributed by atoms with Crippen LogP contribution in [0.2, 0.25) is 0 Å². The van der Waals surface area contributed by atoms with E-state index in [1.807, 2.05) is 12.3 Å². The van der Waals surface area contributed by atoms with Gasteiger partial charge in [-0.3, -0.25) is 0 Å². The second kappa shape index (κ2) is 4.31. The topological polar surface area (TPSA) is 74.3 Å². The molecule has 0 aromatic carbocycles. The zero-order valence-electron chi connectivity index (χ0n) is 9.33. The molecule has 6 nitrogen and oxygen atoms in total. The number of hydrogen-bond acceptors (Lipinski definition) is 5. The molecule has 0 amide bonds. The van der Waals surface area contributed by atoms with E-state index in [4.69, 9.17) is 9.84 Å². The predicted octanol–water partition coefficient (Wildman–Crippen LogP) is 0.155. The Morgan fingerprint density at radius 3 is 3.35 bits per heavy atom. The number of fused-ring (bicyclic) bond motifs is 1. The Morgan fingerprint density at radius 2 is 2.47 bits per heavy atom. The molecule has 17 heavy (non-hydrogen) atoms. The lowest BCUT2D eigenvalue weighted by molar-refractivity contribution is 0.00343. The molecule has 3 heterocycles. The minimum atomic E-state index is -0.132. The van der Waals surface area contributed by atoms with Gasteiger partial charge in [-0.1, -0.05) is 0 Å². The van der Waals surface area contributed by atoms with Crippen molar-refractivity contribution in [1.29, 1.82) is 0 Å². The van der Waals surface area contributed by atoms with Gasteiger partial charge in [0.15, 0.2) is 0 Å². The van der Waals surface area contributed by atoms with Gasteiger partial charge in [-0.25, -0.2) is 9.97 Å².